The highest BCUT2D eigenvalue weighted by molar-refractivity contribution is 7.90. The fourth-order valence-corrected chi connectivity index (χ4v) is 3.40. The van der Waals surface area contributed by atoms with E-state index >= 15 is 0 Å². The largest absolute Gasteiger partial charge is 0.481 e. The number of benzene rings is 1. The summed E-state index contributed by atoms with van der Waals surface area (Å²) in [6.45, 7) is 3.89. The summed E-state index contributed by atoms with van der Waals surface area (Å²) >= 11 is 0. The first-order chi connectivity index (χ1) is 10.9. The zero-order valence-electron chi connectivity index (χ0n) is 13.7. The van der Waals surface area contributed by atoms with Gasteiger partial charge in [-0.25, -0.2) is 0 Å². The SMILES string of the molecule is CCCCCc1ccc(NS(=O)(=O)N[C@@H](CC)CC(=O)O)cc1. The van der Waals surface area contributed by atoms with Crippen LogP contribution in [0.4, 0.5) is 5.69 Å². The molecule has 0 saturated carbocycles. The highest BCUT2D eigenvalue weighted by Gasteiger charge is 2.18. The molecule has 23 heavy (non-hydrogen) atoms. The smallest absolute Gasteiger partial charge is 0.304 e. The minimum atomic E-state index is -3.79. The van der Waals surface area contributed by atoms with E-state index in [1.165, 1.54) is 18.4 Å². The van der Waals surface area contributed by atoms with Crippen LogP contribution in [0, 0.1) is 0 Å². The van der Waals surface area contributed by atoms with Gasteiger partial charge in [0.05, 0.1) is 6.42 Å². The monoisotopic (exact) mass is 342 g/mol. The van der Waals surface area contributed by atoms with E-state index in [0.717, 1.165) is 12.8 Å². The van der Waals surface area contributed by atoms with Crippen LogP contribution in [-0.2, 0) is 21.4 Å². The molecule has 0 amide bonds. The molecular formula is C16H26N2O4S. The molecule has 0 heterocycles. The van der Waals surface area contributed by atoms with Crippen molar-refractivity contribution in [2.24, 2.45) is 0 Å². The van der Waals surface area contributed by atoms with Gasteiger partial charge in [-0.1, -0.05) is 38.8 Å². The minimum absolute atomic E-state index is 0.242. The van der Waals surface area contributed by atoms with Crippen molar-refractivity contribution in [3.8, 4) is 0 Å². The fraction of sp³-hybridized carbons (Fsp3) is 0.562. The van der Waals surface area contributed by atoms with Crippen LogP contribution in [0.25, 0.3) is 0 Å². The molecule has 1 aromatic carbocycles. The first-order valence-corrected chi connectivity index (χ1v) is 9.45. The Morgan fingerprint density at radius 1 is 1.17 bits per heavy atom. The van der Waals surface area contributed by atoms with Gasteiger partial charge in [-0.2, -0.15) is 13.1 Å². The third kappa shape index (κ3) is 7.99. The third-order valence-corrected chi connectivity index (χ3v) is 4.66. The number of aryl methyl sites for hydroxylation is 1. The average molecular weight is 342 g/mol. The Labute approximate surface area is 138 Å². The molecule has 0 bridgehead atoms. The number of hydrogen-bond donors (Lipinski definition) is 3. The van der Waals surface area contributed by atoms with E-state index in [2.05, 4.69) is 16.4 Å². The number of carboxylic acid groups (broad SMARTS) is 1. The first-order valence-electron chi connectivity index (χ1n) is 7.97. The van der Waals surface area contributed by atoms with Gasteiger partial charge in [-0.15, -0.1) is 0 Å². The van der Waals surface area contributed by atoms with Gasteiger partial charge in [0, 0.05) is 11.7 Å². The summed E-state index contributed by atoms with van der Waals surface area (Å²) in [7, 11) is -3.79. The van der Waals surface area contributed by atoms with Crippen LogP contribution in [0.1, 0.15) is 51.5 Å². The Morgan fingerprint density at radius 3 is 2.35 bits per heavy atom. The van der Waals surface area contributed by atoms with Gasteiger partial charge in [-0.3, -0.25) is 9.52 Å². The van der Waals surface area contributed by atoms with E-state index < -0.39 is 22.2 Å². The average Bonchev–Trinajstić information content (AvgIpc) is 2.47. The van der Waals surface area contributed by atoms with Gasteiger partial charge >= 0.3 is 5.97 Å². The van der Waals surface area contributed by atoms with E-state index in [9.17, 15) is 13.2 Å². The van der Waals surface area contributed by atoms with E-state index in [0.29, 0.717) is 12.1 Å². The maximum Gasteiger partial charge on any atom is 0.304 e. The lowest BCUT2D eigenvalue weighted by Gasteiger charge is -2.16. The van der Waals surface area contributed by atoms with Crippen LogP contribution in [0.5, 0.6) is 0 Å². The van der Waals surface area contributed by atoms with Gasteiger partial charge in [0.2, 0.25) is 0 Å². The Kier molecular flexibility index (Phi) is 8.05. The topological polar surface area (TPSA) is 95.5 Å². The molecular weight excluding hydrogens is 316 g/mol. The van der Waals surface area contributed by atoms with Gasteiger partial charge in [-0.05, 0) is 37.0 Å². The molecule has 0 aliphatic carbocycles. The molecule has 7 heteroatoms. The molecule has 6 nitrogen and oxygen atoms in total. The van der Waals surface area contributed by atoms with Crippen molar-refractivity contribution in [3.63, 3.8) is 0 Å². The molecule has 1 aromatic rings. The maximum atomic E-state index is 12.0. The van der Waals surface area contributed by atoms with Crippen molar-refractivity contribution < 1.29 is 18.3 Å². The highest BCUT2D eigenvalue weighted by atomic mass is 32.2. The number of hydrogen-bond acceptors (Lipinski definition) is 3. The molecule has 0 aliphatic rings. The summed E-state index contributed by atoms with van der Waals surface area (Å²) in [5.74, 6) is -1.03. The second-order valence-electron chi connectivity index (χ2n) is 5.58. The van der Waals surface area contributed by atoms with Crippen LogP contribution < -0.4 is 9.44 Å². The number of unbranched alkanes of at least 4 members (excludes halogenated alkanes) is 2. The number of nitrogens with one attached hydrogen (secondary N) is 2. The van der Waals surface area contributed by atoms with Crippen LogP contribution in [-0.4, -0.2) is 25.5 Å². The summed E-state index contributed by atoms with van der Waals surface area (Å²) in [5.41, 5.74) is 1.63. The van der Waals surface area contributed by atoms with E-state index in [1.807, 2.05) is 12.1 Å². The predicted molar refractivity (Wildman–Crippen MR) is 91.7 cm³/mol. The van der Waals surface area contributed by atoms with E-state index in [1.54, 1.807) is 19.1 Å². The maximum absolute atomic E-state index is 12.0. The second kappa shape index (κ2) is 9.52. The molecule has 1 atom stereocenters. The number of carboxylic acids is 1. The van der Waals surface area contributed by atoms with Crippen molar-refractivity contribution in [2.45, 2.75) is 58.4 Å². The molecule has 0 unspecified atom stereocenters. The van der Waals surface area contributed by atoms with Crippen molar-refractivity contribution >= 4 is 21.9 Å². The molecule has 0 spiro atoms. The molecule has 0 saturated heterocycles. The van der Waals surface area contributed by atoms with Crippen molar-refractivity contribution in [1.29, 1.82) is 0 Å². The molecule has 0 fully saturated rings. The number of aliphatic carboxylic acids is 1. The summed E-state index contributed by atoms with van der Waals surface area (Å²) in [6, 6.07) is 6.62. The van der Waals surface area contributed by atoms with Gasteiger partial charge < -0.3 is 5.11 Å². The summed E-state index contributed by atoms with van der Waals surface area (Å²) < 4.78 is 28.8. The molecule has 130 valence electrons. The van der Waals surface area contributed by atoms with Crippen molar-refractivity contribution in [3.05, 3.63) is 29.8 Å². The number of rotatable bonds is 11. The van der Waals surface area contributed by atoms with E-state index in [4.69, 9.17) is 5.11 Å². The standard InChI is InChI=1S/C16H26N2O4S/c1-3-5-6-7-13-8-10-15(11-9-13)18-23(21,22)17-14(4-2)12-16(19)20/h8-11,14,17-18H,3-7,12H2,1-2H3,(H,19,20)/t14-/m0/s1. The van der Waals surface area contributed by atoms with Crippen LogP contribution >= 0.6 is 0 Å². The van der Waals surface area contributed by atoms with Crippen molar-refractivity contribution in [2.75, 3.05) is 4.72 Å². The normalized spacial score (nSPS) is 12.8. The van der Waals surface area contributed by atoms with Crippen LogP contribution in [0.3, 0.4) is 0 Å². The zero-order chi connectivity index (χ0) is 17.3. The Hall–Kier alpha value is -1.60. The molecule has 3 N–H and O–H groups in total. The fourth-order valence-electron chi connectivity index (χ4n) is 2.20. The number of carbonyl (C=O) groups is 1. The van der Waals surface area contributed by atoms with Gasteiger partial charge in [0.25, 0.3) is 10.2 Å². The predicted octanol–water partition coefficient (Wildman–Crippen LogP) is 2.92. The third-order valence-electron chi connectivity index (χ3n) is 3.51. The molecule has 0 aliphatic heterocycles. The summed E-state index contributed by atoms with van der Waals surface area (Å²) in [4.78, 5) is 10.7. The quantitative estimate of drug-likeness (QED) is 0.539. The first kappa shape index (κ1) is 19.4. The second-order valence-corrected chi connectivity index (χ2v) is 7.03. The Bertz CT molecular complexity index is 585. The van der Waals surface area contributed by atoms with E-state index in [-0.39, 0.29) is 6.42 Å². The van der Waals surface area contributed by atoms with Crippen LogP contribution in [0.15, 0.2) is 24.3 Å². The molecule has 1 rings (SSSR count). The highest BCUT2D eigenvalue weighted by Crippen LogP contribution is 2.13. The summed E-state index contributed by atoms with van der Waals surface area (Å²) in [6.07, 6.45) is 4.61. The van der Waals surface area contributed by atoms with Gasteiger partial charge in [0.1, 0.15) is 0 Å². The molecule has 0 aromatic heterocycles. The lowest BCUT2D eigenvalue weighted by Crippen LogP contribution is -2.39. The molecule has 0 radical (unpaired) electrons. The minimum Gasteiger partial charge on any atom is -0.481 e. The summed E-state index contributed by atoms with van der Waals surface area (Å²) in [5, 5.41) is 8.77. The van der Waals surface area contributed by atoms with Gasteiger partial charge in [0.15, 0.2) is 0 Å². The van der Waals surface area contributed by atoms with Crippen molar-refractivity contribution in [1.82, 2.24) is 4.72 Å². The van der Waals surface area contributed by atoms with Crippen LogP contribution in [0.2, 0.25) is 0 Å². The lowest BCUT2D eigenvalue weighted by atomic mass is 10.1. The Morgan fingerprint density at radius 2 is 1.83 bits per heavy atom. The zero-order valence-corrected chi connectivity index (χ0v) is 14.5. The lowest BCUT2D eigenvalue weighted by molar-refractivity contribution is -0.137. The Balaban J connectivity index is 2.61. The number of anilines is 1.